The zero-order valence-corrected chi connectivity index (χ0v) is 20.2. The molecular formula is C23H27FN4O4S2. The van der Waals surface area contributed by atoms with Gasteiger partial charge in [0, 0.05) is 19.1 Å². The fraction of sp³-hybridized carbons (Fsp3) is 0.435. The van der Waals surface area contributed by atoms with Crippen LogP contribution in [0.3, 0.4) is 0 Å². The molecule has 8 nitrogen and oxygen atoms in total. The minimum atomic E-state index is -3.69. The first-order valence-electron chi connectivity index (χ1n) is 11.4. The number of nitrogens with zero attached hydrogens (tertiary/aromatic N) is 3. The molecule has 34 heavy (non-hydrogen) atoms. The van der Waals surface area contributed by atoms with E-state index in [2.05, 4.69) is 14.2 Å². The number of sulfone groups is 1. The van der Waals surface area contributed by atoms with Gasteiger partial charge in [-0.15, -0.1) is 0 Å². The van der Waals surface area contributed by atoms with Crippen molar-refractivity contribution < 1.29 is 21.2 Å². The van der Waals surface area contributed by atoms with Gasteiger partial charge in [0.25, 0.3) is 0 Å². The first-order chi connectivity index (χ1) is 16.2. The van der Waals surface area contributed by atoms with Crippen molar-refractivity contribution in [2.75, 3.05) is 29.5 Å². The highest BCUT2D eigenvalue weighted by molar-refractivity contribution is 7.95. The highest BCUT2D eigenvalue weighted by Gasteiger charge is 2.38. The molecule has 0 spiro atoms. The van der Waals surface area contributed by atoms with Crippen LogP contribution in [0.25, 0.3) is 11.0 Å². The Labute approximate surface area is 198 Å². The Bertz CT molecular complexity index is 1410. The first-order valence-corrected chi connectivity index (χ1v) is 14.7. The minimum absolute atomic E-state index is 0.0709. The maximum atomic E-state index is 13.8. The van der Waals surface area contributed by atoms with E-state index in [0.717, 1.165) is 22.5 Å². The Morgan fingerprint density at radius 3 is 2.53 bits per heavy atom. The normalized spacial score (nSPS) is 21.3. The van der Waals surface area contributed by atoms with Crippen LogP contribution in [0.1, 0.15) is 24.8 Å². The number of anilines is 1. The highest BCUT2D eigenvalue weighted by atomic mass is 32.2. The van der Waals surface area contributed by atoms with Crippen molar-refractivity contribution in [2.24, 2.45) is 0 Å². The van der Waals surface area contributed by atoms with Crippen molar-refractivity contribution in [1.29, 1.82) is 0 Å². The number of rotatable bonds is 6. The summed E-state index contributed by atoms with van der Waals surface area (Å²) in [5, 5.41) is -0.869. The van der Waals surface area contributed by atoms with Crippen LogP contribution < -0.4 is 9.62 Å². The van der Waals surface area contributed by atoms with Crippen molar-refractivity contribution in [2.45, 2.75) is 37.1 Å². The fourth-order valence-corrected chi connectivity index (χ4v) is 9.16. The van der Waals surface area contributed by atoms with Gasteiger partial charge < -0.3 is 9.47 Å². The van der Waals surface area contributed by atoms with E-state index >= 15 is 0 Å². The lowest BCUT2D eigenvalue weighted by Crippen LogP contribution is -2.48. The molecule has 2 aliphatic heterocycles. The predicted octanol–water partition coefficient (Wildman–Crippen LogP) is 2.30. The molecule has 0 radical (unpaired) electrons. The molecule has 0 amide bonds. The van der Waals surface area contributed by atoms with Crippen LogP contribution in [0.4, 0.5) is 10.3 Å². The summed E-state index contributed by atoms with van der Waals surface area (Å²) in [5.74, 6) is 0.115. The van der Waals surface area contributed by atoms with Gasteiger partial charge in [-0.3, -0.25) is 0 Å². The van der Waals surface area contributed by atoms with Crippen LogP contribution in [0.15, 0.2) is 48.5 Å². The summed E-state index contributed by atoms with van der Waals surface area (Å²) in [6, 6.07) is 14.1. The second-order valence-electron chi connectivity index (χ2n) is 9.07. The van der Waals surface area contributed by atoms with E-state index in [1.165, 1.54) is 12.1 Å². The van der Waals surface area contributed by atoms with Crippen LogP contribution in [0.5, 0.6) is 0 Å². The van der Waals surface area contributed by atoms with Crippen molar-refractivity contribution in [3.63, 3.8) is 0 Å². The molecule has 2 aliphatic rings. The Morgan fingerprint density at radius 1 is 1.06 bits per heavy atom. The van der Waals surface area contributed by atoms with Crippen LogP contribution in [0.2, 0.25) is 0 Å². The predicted molar refractivity (Wildman–Crippen MR) is 130 cm³/mol. The second-order valence-corrected chi connectivity index (χ2v) is 13.3. The molecule has 2 saturated heterocycles. The van der Waals surface area contributed by atoms with Crippen LogP contribution in [-0.4, -0.2) is 62.3 Å². The van der Waals surface area contributed by atoms with Crippen molar-refractivity contribution in [3.05, 3.63) is 59.9 Å². The topological polar surface area (TPSA) is 101 Å². The van der Waals surface area contributed by atoms with E-state index < -0.39 is 25.1 Å². The zero-order chi connectivity index (χ0) is 23.9. The number of aromatic nitrogens is 2. The molecule has 2 fully saturated rings. The number of sulfonamides is 1. The van der Waals surface area contributed by atoms with Crippen molar-refractivity contribution in [3.8, 4) is 0 Å². The van der Waals surface area contributed by atoms with Gasteiger partial charge in [0.05, 0.1) is 34.3 Å². The molecule has 5 rings (SSSR count). The monoisotopic (exact) mass is 506 g/mol. The number of hydrogen-bond donors (Lipinski definition) is 1. The molecule has 1 atom stereocenters. The smallest absolute Gasteiger partial charge is 0.215 e. The van der Waals surface area contributed by atoms with Crippen LogP contribution in [-0.2, 0) is 26.4 Å². The lowest BCUT2D eigenvalue weighted by molar-refractivity contribution is 0.451. The number of benzene rings is 2. The lowest BCUT2D eigenvalue weighted by atomic mass is 10.1. The summed E-state index contributed by atoms with van der Waals surface area (Å²) in [7, 11) is -6.96. The van der Waals surface area contributed by atoms with Gasteiger partial charge in [0.15, 0.2) is 9.84 Å². The Balaban J connectivity index is 1.32. The van der Waals surface area contributed by atoms with Gasteiger partial charge in [-0.2, -0.15) is 0 Å². The average molecular weight is 507 g/mol. The second kappa shape index (κ2) is 8.94. The van der Waals surface area contributed by atoms with E-state index in [1.807, 2.05) is 30.3 Å². The van der Waals surface area contributed by atoms with Gasteiger partial charge in [-0.05, 0) is 49.1 Å². The summed E-state index contributed by atoms with van der Waals surface area (Å²) < 4.78 is 67.4. The largest absolute Gasteiger partial charge is 0.342 e. The number of imidazole rings is 1. The quantitative estimate of drug-likeness (QED) is 0.551. The minimum Gasteiger partial charge on any atom is -0.342 e. The van der Waals surface area contributed by atoms with Crippen LogP contribution in [0, 0.1) is 5.82 Å². The van der Waals surface area contributed by atoms with Gasteiger partial charge in [0.1, 0.15) is 5.82 Å². The molecule has 0 bridgehead atoms. The zero-order valence-electron chi connectivity index (χ0n) is 18.6. The molecule has 1 unspecified atom stereocenters. The number of nitrogens with one attached hydrogen (secondary N) is 1. The maximum absolute atomic E-state index is 13.8. The highest BCUT2D eigenvalue weighted by Crippen LogP contribution is 2.27. The Hall–Kier alpha value is -2.50. The van der Waals surface area contributed by atoms with Gasteiger partial charge in [-0.25, -0.2) is 30.9 Å². The van der Waals surface area contributed by atoms with E-state index in [9.17, 15) is 21.2 Å². The third kappa shape index (κ3) is 4.82. The van der Waals surface area contributed by atoms with Crippen LogP contribution >= 0.6 is 0 Å². The molecule has 1 N–H and O–H groups in total. The summed E-state index contributed by atoms with van der Waals surface area (Å²) in [6.45, 7) is 1.67. The summed E-state index contributed by atoms with van der Waals surface area (Å²) in [5.41, 5.74) is 2.63. The molecule has 1 aromatic heterocycles. The van der Waals surface area contributed by atoms with E-state index in [4.69, 9.17) is 4.98 Å². The summed E-state index contributed by atoms with van der Waals surface area (Å²) >= 11 is 0. The van der Waals surface area contributed by atoms with Gasteiger partial charge in [-0.1, -0.05) is 24.3 Å². The Kier molecular flexibility index (Phi) is 6.11. The third-order valence-corrected chi connectivity index (χ3v) is 10.5. The number of piperidine rings is 1. The number of para-hydroxylation sites is 2. The first kappa shape index (κ1) is 23.3. The molecule has 0 saturated carbocycles. The molecule has 0 aliphatic carbocycles. The molecule has 11 heteroatoms. The number of halogens is 1. The molecule has 3 aromatic rings. The SMILES string of the molecule is O=S1(=O)CCC(S(=O)(=O)NC2CCN(c3nc4ccccc4n3Cc3cccc(F)c3)CC2)C1. The van der Waals surface area contributed by atoms with E-state index in [0.29, 0.717) is 32.5 Å². The molecule has 2 aromatic carbocycles. The molecular weight excluding hydrogens is 479 g/mol. The fourth-order valence-electron chi connectivity index (χ4n) is 4.81. The standard InChI is InChI=1S/C23H27FN4O4S2/c24-18-5-3-4-17(14-18)15-28-22-7-2-1-6-21(22)25-23(28)27-11-8-19(9-12-27)26-34(31,32)20-10-13-33(29,30)16-20/h1-7,14,19-20,26H,8-13,15-16H2. The lowest BCUT2D eigenvalue weighted by Gasteiger charge is -2.33. The molecule has 182 valence electrons. The van der Waals surface area contributed by atoms with Gasteiger partial charge >= 0.3 is 0 Å². The summed E-state index contributed by atoms with van der Waals surface area (Å²) in [6.07, 6.45) is 1.32. The summed E-state index contributed by atoms with van der Waals surface area (Å²) in [4.78, 5) is 6.95. The molecule has 3 heterocycles. The van der Waals surface area contributed by atoms with Crippen molar-refractivity contribution in [1.82, 2.24) is 14.3 Å². The third-order valence-electron chi connectivity index (χ3n) is 6.60. The average Bonchev–Trinajstić information content (AvgIpc) is 3.35. The van der Waals surface area contributed by atoms with E-state index in [1.54, 1.807) is 6.07 Å². The van der Waals surface area contributed by atoms with E-state index in [-0.39, 0.29) is 29.8 Å². The maximum Gasteiger partial charge on any atom is 0.215 e. The Morgan fingerprint density at radius 2 is 1.82 bits per heavy atom. The number of hydrogen-bond acceptors (Lipinski definition) is 6. The van der Waals surface area contributed by atoms with Gasteiger partial charge in [0.2, 0.25) is 16.0 Å². The number of fused-ring (bicyclic) bond motifs is 1. The van der Waals surface area contributed by atoms with Crippen molar-refractivity contribution >= 4 is 36.8 Å².